The highest BCUT2D eigenvalue weighted by Crippen LogP contribution is 2.31. The summed E-state index contributed by atoms with van der Waals surface area (Å²) in [4.78, 5) is 14.5. The second-order valence-corrected chi connectivity index (χ2v) is 6.62. The number of likely N-dealkylation sites (tertiary alicyclic amines) is 1. The molecule has 1 heterocycles. The van der Waals surface area contributed by atoms with Gasteiger partial charge in [0.1, 0.15) is 0 Å². The predicted octanol–water partition coefficient (Wildman–Crippen LogP) is 2.61. The molecule has 0 bridgehead atoms. The zero-order valence-corrected chi connectivity index (χ0v) is 14.1. The van der Waals surface area contributed by atoms with Crippen molar-refractivity contribution in [3.63, 3.8) is 0 Å². The number of benzene rings is 2. The molecule has 3 N–H and O–H groups in total. The van der Waals surface area contributed by atoms with Crippen LogP contribution in [0.3, 0.4) is 0 Å². The number of hydrogen-bond donors (Lipinski definition) is 2. The molecule has 2 aromatic carbocycles. The second-order valence-electron chi connectivity index (χ2n) is 6.62. The number of anilines is 1. The van der Waals surface area contributed by atoms with Crippen LogP contribution in [0.25, 0.3) is 0 Å². The largest absolute Gasteiger partial charge is 0.330 e. The first-order valence-corrected chi connectivity index (χ1v) is 8.49. The standard InChI is InChI=1S/C20H25N3O/c1-15-6-5-9-18(10-15)22-20(24)14-23-12-17(11-21)19(13-23)16-7-3-2-4-8-16/h2-10,17,19H,11-14,21H2,1H3,(H,22,24)/t17-,19+/m1/s1. The minimum Gasteiger partial charge on any atom is -0.330 e. The van der Waals surface area contributed by atoms with Gasteiger partial charge in [-0.25, -0.2) is 0 Å². The lowest BCUT2D eigenvalue weighted by atomic mass is 9.89. The van der Waals surface area contributed by atoms with Crippen LogP contribution in [0.5, 0.6) is 0 Å². The molecule has 1 amide bonds. The van der Waals surface area contributed by atoms with Crippen molar-refractivity contribution < 1.29 is 4.79 Å². The number of nitrogens with zero attached hydrogens (tertiary/aromatic N) is 1. The fourth-order valence-electron chi connectivity index (χ4n) is 3.53. The van der Waals surface area contributed by atoms with E-state index in [4.69, 9.17) is 5.73 Å². The molecule has 1 aliphatic rings. The highest BCUT2D eigenvalue weighted by molar-refractivity contribution is 5.92. The molecule has 0 radical (unpaired) electrons. The van der Waals surface area contributed by atoms with Crippen molar-refractivity contribution in [3.8, 4) is 0 Å². The molecule has 4 nitrogen and oxygen atoms in total. The third-order valence-electron chi connectivity index (χ3n) is 4.72. The number of nitrogens with two attached hydrogens (primary N) is 1. The van der Waals surface area contributed by atoms with E-state index in [2.05, 4.69) is 34.5 Å². The minimum atomic E-state index is 0.0325. The van der Waals surface area contributed by atoms with Crippen LogP contribution >= 0.6 is 0 Å². The molecule has 0 aromatic heterocycles. The minimum absolute atomic E-state index is 0.0325. The summed E-state index contributed by atoms with van der Waals surface area (Å²) in [6.07, 6.45) is 0. The molecule has 1 saturated heterocycles. The fraction of sp³-hybridized carbons (Fsp3) is 0.350. The Labute approximate surface area is 143 Å². The molecule has 126 valence electrons. The molecule has 2 aromatic rings. The van der Waals surface area contributed by atoms with Crippen molar-refractivity contribution in [1.82, 2.24) is 4.90 Å². The fourth-order valence-corrected chi connectivity index (χ4v) is 3.53. The van der Waals surface area contributed by atoms with Gasteiger partial charge in [-0.05, 0) is 42.6 Å². The molecule has 1 aliphatic heterocycles. The molecule has 0 saturated carbocycles. The van der Waals surface area contributed by atoms with Crippen molar-refractivity contribution in [2.24, 2.45) is 11.7 Å². The molecule has 0 unspecified atom stereocenters. The molecular weight excluding hydrogens is 298 g/mol. The van der Waals surface area contributed by atoms with Gasteiger partial charge in [-0.3, -0.25) is 9.69 Å². The van der Waals surface area contributed by atoms with E-state index in [1.807, 2.05) is 37.3 Å². The molecule has 4 heteroatoms. The maximum Gasteiger partial charge on any atom is 0.238 e. The lowest BCUT2D eigenvalue weighted by Crippen LogP contribution is -2.32. The number of rotatable bonds is 5. The second kappa shape index (κ2) is 7.60. The van der Waals surface area contributed by atoms with Gasteiger partial charge in [-0.1, -0.05) is 42.5 Å². The summed E-state index contributed by atoms with van der Waals surface area (Å²) in [6.45, 7) is 4.83. The van der Waals surface area contributed by atoms with Crippen LogP contribution in [0.15, 0.2) is 54.6 Å². The zero-order valence-electron chi connectivity index (χ0n) is 14.1. The Morgan fingerprint density at radius 2 is 1.96 bits per heavy atom. The van der Waals surface area contributed by atoms with E-state index >= 15 is 0 Å². The Morgan fingerprint density at radius 3 is 2.67 bits per heavy atom. The van der Waals surface area contributed by atoms with E-state index < -0.39 is 0 Å². The Balaban J connectivity index is 1.61. The van der Waals surface area contributed by atoms with Gasteiger partial charge in [0, 0.05) is 24.7 Å². The van der Waals surface area contributed by atoms with Crippen LogP contribution in [0, 0.1) is 12.8 Å². The van der Waals surface area contributed by atoms with Gasteiger partial charge in [0.25, 0.3) is 0 Å². The summed E-state index contributed by atoms with van der Waals surface area (Å²) in [6, 6.07) is 18.4. The van der Waals surface area contributed by atoms with Crippen LogP contribution in [0.2, 0.25) is 0 Å². The van der Waals surface area contributed by atoms with Gasteiger partial charge >= 0.3 is 0 Å². The van der Waals surface area contributed by atoms with Crippen LogP contribution in [-0.2, 0) is 4.79 Å². The summed E-state index contributed by atoms with van der Waals surface area (Å²) in [5.41, 5.74) is 9.28. The Kier molecular flexibility index (Phi) is 5.28. The first-order valence-electron chi connectivity index (χ1n) is 8.49. The molecule has 0 aliphatic carbocycles. The third-order valence-corrected chi connectivity index (χ3v) is 4.72. The van der Waals surface area contributed by atoms with Gasteiger partial charge in [-0.15, -0.1) is 0 Å². The van der Waals surface area contributed by atoms with Gasteiger partial charge in [0.05, 0.1) is 6.54 Å². The maximum atomic E-state index is 12.3. The number of hydrogen-bond acceptors (Lipinski definition) is 3. The molecule has 2 atom stereocenters. The smallest absolute Gasteiger partial charge is 0.238 e. The van der Waals surface area contributed by atoms with Crippen LogP contribution in [0.1, 0.15) is 17.0 Å². The number of amides is 1. The Hall–Kier alpha value is -2.17. The third kappa shape index (κ3) is 4.02. The monoisotopic (exact) mass is 323 g/mol. The highest BCUT2D eigenvalue weighted by atomic mass is 16.2. The van der Waals surface area contributed by atoms with Crippen LogP contribution in [0.4, 0.5) is 5.69 Å². The van der Waals surface area contributed by atoms with Crippen LogP contribution < -0.4 is 11.1 Å². The molecular formula is C20H25N3O. The van der Waals surface area contributed by atoms with E-state index in [0.29, 0.717) is 24.9 Å². The van der Waals surface area contributed by atoms with Crippen molar-refractivity contribution in [2.75, 3.05) is 31.5 Å². The summed E-state index contributed by atoms with van der Waals surface area (Å²) >= 11 is 0. The first kappa shape index (κ1) is 16.7. The normalized spacial score (nSPS) is 20.9. The topological polar surface area (TPSA) is 58.4 Å². The van der Waals surface area contributed by atoms with Gasteiger partial charge in [0.15, 0.2) is 0 Å². The SMILES string of the molecule is Cc1cccc(NC(=O)CN2C[C@@H](CN)[C@H](c3ccccc3)C2)c1. The van der Waals surface area contributed by atoms with Crippen molar-refractivity contribution in [2.45, 2.75) is 12.8 Å². The molecule has 24 heavy (non-hydrogen) atoms. The van der Waals surface area contributed by atoms with E-state index in [0.717, 1.165) is 24.3 Å². The van der Waals surface area contributed by atoms with Crippen LogP contribution in [-0.4, -0.2) is 37.0 Å². The van der Waals surface area contributed by atoms with Gasteiger partial charge in [0.2, 0.25) is 5.91 Å². The number of carbonyl (C=O) groups excluding carboxylic acids is 1. The number of aryl methyl sites for hydroxylation is 1. The average Bonchev–Trinajstić information content (AvgIpc) is 2.98. The van der Waals surface area contributed by atoms with Gasteiger partial charge < -0.3 is 11.1 Å². The van der Waals surface area contributed by atoms with Crippen molar-refractivity contribution in [3.05, 3.63) is 65.7 Å². The molecule has 0 spiro atoms. The lowest BCUT2D eigenvalue weighted by Gasteiger charge is -2.16. The summed E-state index contributed by atoms with van der Waals surface area (Å²) < 4.78 is 0. The molecule has 1 fully saturated rings. The van der Waals surface area contributed by atoms with Crippen molar-refractivity contribution in [1.29, 1.82) is 0 Å². The number of nitrogens with one attached hydrogen (secondary N) is 1. The summed E-state index contributed by atoms with van der Waals surface area (Å²) in [5, 5.41) is 2.99. The molecule has 3 rings (SSSR count). The maximum absolute atomic E-state index is 12.3. The van der Waals surface area contributed by atoms with Gasteiger partial charge in [-0.2, -0.15) is 0 Å². The average molecular weight is 323 g/mol. The Bertz CT molecular complexity index is 686. The van der Waals surface area contributed by atoms with E-state index in [1.54, 1.807) is 0 Å². The zero-order chi connectivity index (χ0) is 16.9. The predicted molar refractivity (Wildman–Crippen MR) is 98.0 cm³/mol. The number of carbonyl (C=O) groups is 1. The van der Waals surface area contributed by atoms with E-state index in [-0.39, 0.29) is 5.91 Å². The van der Waals surface area contributed by atoms with Crippen molar-refractivity contribution >= 4 is 11.6 Å². The summed E-state index contributed by atoms with van der Waals surface area (Å²) in [7, 11) is 0. The first-order chi connectivity index (χ1) is 11.7. The lowest BCUT2D eigenvalue weighted by molar-refractivity contribution is -0.117. The van der Waals surface area contributed by atoms with E-state index in [1.165, 1.54) is 5.56 Å². The quantitative estimate of drug-likeness (QED) is 0.889. The van der Waals surface area contributed by atoms with E-state index in [9.17, 15) is 4.79 Å². The Morgan fingerprint density at radius 1 is 1.17 bits per heavy atom. The highest BCUT2D eigenvalue weighted by Gasteiger charge is 2.33. The summed E-state index contributed by atoms with van der Waals surface area (Å²) in [5.74, 6) is 0.840.